The van der Waals surface area contributed by atoms with Crippen molar-refractivity contribution in [1.29, 1.82) is 0 Å². The molecular formula is C18H28O5. The standard InChI is InChI=1S/C18H28O5/c1-13(4-3-9-19)10-16(21)12-15(20)7-5-14-6-8-17(22)18(11-14)23-2/h6,8,11,13,16,19,21-22H,3-5,7,9-10,12H2,1-2H3. The number of benzene rings is 1. The van der Waals surface area contributed by atoms with Crippen molar-refractivity contribution < 1.29 is 24.9 Å². The van der Waals surface area contributed by atoms with E-state index in [1.165, 1.54) is 7.11 Å². The number of phenols is 1. The fourth-order valence-electron chi connectivity index (χ4n) is 2.63. The SMILES string of the molecule is COc1cc(CCC(=O)CC(O)CC(C)CCCO)ccc1O. The second-order valence-electron chi connectivity index (χ2n) is 6.11. The van der Waals surface area contributed by atoms with Gasteiger partial charge in [0.05, 0.1) is 13.2 Å². The summed E-state index contributed by atoms with van der Waals surface area (Å²) >= 11 is 0. The molecular weight excluding hydrogens is 296 g/mol. The molecule has 1 rings (SSSR count). The number of hydrogen-bond acceptors (Lipinski definition) is 5. The van der Waals surface area contributed by atoms with E-state index in [2.05, 4.69) is 0 Å². The fraction of sp³-hybridized carbons (Fsp3) is 0.611. The molecule has 3 N–H and O–H groups in total. The van der Waals surface area contributed by atoms with Crippen LogP contribution in [0.25, 0.3) is 0 Å². The quantitative estimate of drug-likeness (QED) is 0.582. The van der Waals surface area contributed by atoms with E-state index in [0.717, 1.165) is 18.4 Å². The highest BCUT2D eigenvalue weighted by atomic mass is 16.5. The van der Waals surface area contributed by atoms with E-state index in [1.54, 1.807) is 18.2 Å². The molecule has 0 aromatic heterocycles. The van der Waals surface area contributed by atoms with E-state index >= 15 is 0 Å². The maximum Gasteiger partial charge on any atom is 0.160 e. The number of Topliss-reactive ketones (excluding diaryl/α,β-unsaturated/α-hetero) is 1. The molecule has 0 aliphatic carbocycles. The minimum atomic E-state index is -0.620. The zero-order valence-electron chi connectivity index (χ0n) is 14.0. The second kappa shape index (κ2) is 10.2. The van der Waals surface area contributed by atoms with Gasteiger partial charge >= 0.3 is 0 Å². The molecule has 23 heavy (non-hydrogen) atoms. The van der Waals surface area contributed by atoms with E-state index in [9.17, 15) is 15.0 Å². The number of aliphatic hydroxyl groups excluding tert-OH is 2. The fourth-order valence-corrected chi connectivity index (χ4v) is 2.63. The van der Waals surface area contributed by atoms with Crippen LogP contribution < -0.4 is 4.74 Å². The summed E-state index contributed by atoms with van der Waals surface area (Å²) in [5.41, 5.74) is 0.916. The molecule has 0 radical (unpaired) electrons. The van der Waals surface area contributed by atoms with Crippen LogP contribution in [0.15, 0.2) is 18.2 Å². The normalized spacial score (nSPS) is 13.6. The minimum absolute atomic E-state index is 0.0268. The van der Waals surface area contributed by atoms with Gasteiger partial charge in [-0.25, -0.2) is 0 Å². The molecule has 0 bridgehead atoms. The number of aryl methyl sites for hydroxylation is 1. The third-order valence-corrected chi connectivity index (χ3v) is 3.93. The number of ketones is 1. The number of aliphatic hydroxyl groups is 2. The van der Waals surface area contributed by atoms with Crippen molar-refractivity contribution >= 4 is 5.78 Å². The van der Waals surface area contributed by atoms with E-state index in [0.29, 0.717) is 30.9 Å². The Labute approximate surface area is 137 Å². The zero-order valence-corrected chi connectivity index (χ0v) is 14.0. The monoisotopic (exact) mass is 324 g/mol. The Morgan fingerprint density at radius 2 is 2.09 bits per heavy atom. The van der Waals surface area contributed by atoms with E-state index in [-0.39, 0.29) is 24.6 Å². The Morgan fingerprint density at radius 3 is 2.74 bits per heavy atom. The van der Waals surface area contributed by atoms with Crippen LogP contribution in [-0.4, -0.2) is 40.9 Å². The number of carbonyl (C=O) groups excluding carboxylic acids is 1. The summed E-state index contributed by atoms with van der Waals surface area (Å²) in [6.07, 6.45) is 2.63. The van der Waals surface area contributed by atoms with Crippen molar-refractivity contribution in [1.82, 2.24) is 0 Å². The Hall–Kier alpha value is -1.59. The lowest BCUT2D eigenvalue weighted by atomic mass is 9.95. The Morgan fingerprint density at radius 1 is 1.35 bits per heavy atom. The number of rotatable bonds is 11. The summed E-state index contributed by atoms with van der Waals surface area (Å²) in [6.45, 7) is 2.18. The topological polar surface area (TPSA) is 87.0 Å². The maximum atomic E-state index is 12.0. The van der Waals surface area contributed by atoms with Gasteiger partial charge in [-0.3, -0.25) is 4.79 Å². The van der Waals surface area contributed by atoms with Gasteiger partial charge in [0.15, 0.2) is 11.5 Å². The van der Waals surface area contributed by atoms with Gasteiger partial charge in [-0.15, -0.1) is 0 Å². The van der Waals surface area contributed by atoms with Crippen LogP contribution in [-0.2, 0) is 11.2 Å². The third kappa shape index (κ3) is 7.48. The van der Waals surface area contributed by atoms with Gasteiger partial charge < -0.3 is 20.1 Å². The minimum Gasteiger partial charge on any atom is -0.504 e. The molecule has 5 nitrogen and oxygen atoms in total. The number of carbonyl (C=O) groups is 1. The first-order valence-corrected chi connectivity index (χ1v) is 8.12. The van der Waals surface area contributed by atoms with Crippen LogP contribution in [0.1, 0.15) is 44.6 Å². The van der Waals surface area contributed by atoms with Crippen LogP contribution in [0, 0.1) is 5.92 Å². The Bertz CT molecular complexity index is 486. The molecule has 2 unspecified atom stereocenters. The van der Waals surface area contributed by atoms with Crippen LogP contribution >= 0.6 is 0 Å². The first-order chi connectivity index (χ1) is 11.0. The summed E-state index contributed by atoms with van der Waals surface area (Å²) in [5, 5.41) is 28.3. The Kier molecular flexibility index (Phi) is 8.66. The summed E-state index contributed by atoms with van der Waals surface area (Å²) < 4.78 is 5.04. The molecule has 2 atom stereocenters. The van der Waals surface area contributed by atoms with Crippen molar-refractivity contribution in [3.8, 4) is 11.5 Å². The summed E-state index contributed by atoms with van der Waals surface area (Å²) in [5.74, 6) is 0.799. The largest absolute Gasteiger partial charge is 0.504 e. The number of hydrogen-bond donors (Lipinski definition) is 3. The predicted molar refractivity (Wildman–Crippen MR) is 88.7 cm³/mol. The van der Waals surface area contributed by atoms with E-state index < -0.39 is 6.10 Å². The molecule has 130 valence electrons. The second-order valence-corrected chi connectivity index (χ2v) is 6.11. The maximum absolute atomic E-state index is 12.0. The summed E-state index contributed by atoms with van der Waals surface area (Å²) in [6, 6.07) is 5.03. The predicted octanol–water partition coefficient (Wildman–Crippen LogP) is 2.45. The zero-order chi connectivity index (χ0) is 17.2. The van der Waals surface area contributed by atoms with Crippen molar-refractivity contribution in [3.63, 3.8) is 0 Å². The highest BCUT2D eigenvalue weighted by Crippen LogP contribution is 2.26. The molecule has 1 aromatic rings. The van der Waals surface area contributed by atoms with Crippen molar-refractivity contribution in [2.24, 2.45) is 5.92 Å². The summed E-state index contributed by atoms with van der Waals surface area (Å²) in [7, 11) is 1.48. The third-order valence-electron chi connectivity index (χ3n) is 3.93. The lowest BCUT2D eigenvalue weighted by Gasteiger charge is -2.15. The van der Waals surface area contributed by atoms with Gasteiger partial charge in [0, 0.05) is 19.4 Å². The van der Waals surface area contributed by atoms with Gasteiger partial charge in [0.1, 0.15) is 5.78 Å². The van der Waals surface area contributed by atoms with Crippen molar-refractivity contribution in [2.45, 2.75) is 51.6 Å². The average molecular weight is 324 g/mol. The molecule has 5 heteroatoms. The molecule has 0 saturated heterocycles. The van der Waals surface area contributed by atoms with E-state index in [1.807, 2.05) is 6.92 Å². The number of phenolic OH excluding ortho intramolecular Hbond substituents is 1. The smallest absolute Gasteiger partial charge is 0.160 e. The van der Waals surface area contributed by atoms with Gasteiger partial charge in [0.2, 0.25) is 0 Å². The average Bonchev–Trinajstić information content (AvgIpc) is 2.51. The van der Waals surface area contributed by atoms with Crippen LogP contribution in [0.2, 0.25) is 0 Å². The highest BCUT2D eigenvalue weighted by Gasteiger charge is 2.14. The van der Waals surface area contributed by atoms with Crippen molar-refractivity contribution in [2.75, 3.05) is 13.7 Å². The molecule has 0 saturated carbocycles. The van der Waals surface area contributed by atoms with Crippen LogP contribution in [0.5, 0.6) is 11.5 Å². The lowest BCUT2D eigenvalue weighted by Crippen LogP contribution is -2.17. The highest BCUT2D eigenvalue weighted by molar-refractivity contribution is 5.79. The molecule has 0 spiro atoms. The first kappa shape index (κ1) is 19.5. The van der Waals surface area contributed by atoms with Gasteiger partial charge in [-0.1, -0.05) is 13.0 Å². The Balaban J connectivity index is 2.36. The molecule has 1 aromatic carbocycles. The van der Waals surface area contributed by atoms with Crippen LogP contribution in [0.3, 0.4) is 0 Å². The molecule has 0 heterocycles. The number of ether oxygens (including phenoxy) is 1. The molecule has 0 aliphatic rings. The lowest BCUT2D eigenvalue weighted by molar-refractivity contribution is -0.121. The van der Waals surface area contributed by atoms with Gasteiger partial charge in [-0.05, 0) is 49.3 Å². The van der Waals surface area contributed by atoms with Gasteiger partial charge in [-0.2, -0.15) is 0 Å². The number of aromatic hydroxyl groups is 1. The molecule has 0 aliphatic heterocycles. The van der Waals surface area contributed by atoms with Crippen LogP contribution in [0.4, 0.5) is 0 Å². The number of methoxy groups -OCH3 is 1. The summed E-state index contributed by atoms with van der Waals surface area (Å²) in [4.78, 5) is 12.0. The van der Waals surface area contributed by atoms with E-state index in [4.69, 9.17) is 9.84 Å². The first-order valence-electron chi connectivity index (χ1n) is 8.12. The molecule has 0 fully saturated rings. The molecule has 0 amide bonds. The van der Waals surface area contributed by atoms with Gasteiger partial charge in [0.25, 0.3) is 0 Å². The van der Waals surface area contributed by atoms with Crippen molar-refractivity contribution in [3.05, 3.63) is 23.8 Å².